The lowest BCUT2D eigenvalue weighted by Crippen LogP contribution is -2.02. The van der Waals surface area contributed by atoms with Crippen molar-refractivity contribution in [1.82, 2.24) is 14.9 Å². The Labute approximate surface area is 189 Å². The summed E-state index contributed by atoms with van der Waals surface area (Å²) in [5, 5.41) is 21.6. The van der Waals surface area contributed by atoms with Gasteiger partial charge < -0.3 is 14.4 Å². The Kier molecular flexibility index (Phi) is 9.59. The maximum atomic E-state index is 11.0. The van der Waals surface area contributed by atoms with E-state index < -0.39 is 9.85 Å². The molecule has 13 heteroatoms. The minimum atomic E-state index is -0.508. The van der Waals surface area contributed by atoms with Gasteiger partial charge in [-0.1, -0.05) is 0 Å². The SMILES string of the molecule is COc1ncc(Br)c(/C=C/N(C)C)c1[N+](=O)[O-].COc1ncc(Br)c(C)c1[N+](=O)[O-]. The summed E-state index contributed by atoms with van der Waals surface area (Å²) in [6.07, 6.45) is 6.29. The van der Waals surface area contributed by atoms with E-state index in [-0.39, 0.29) is 23.1 Å². The van der Waals surface area contributed by atoms with Crippen LogP contribution in [0.4, 0.5) is 11.4 Å². The zero-order valence-corrected chi connectivity index (χ0v) is 19.9. The van der Waals surface area contributed by atoms with E-state index in [4.69, 9.17) is 9.47 Å². The number of hydrogen-bond donors (Lipinski definition) is 0. The third-order valence-corrected chi connectivity index (χ3v) is 4.94. The third kappa shape index (κ3) is 6.35. The highest BCUT2D eigenvalue weighted by atomic mass is 79.9. The van der Waals surface area contributed by atoms with Gasteiger partial charge in [-0.15, -0.1) is 0 Å². The van der Waals surface area contributed by atoms with Gasteiger partial charge in [0.25, 0.3) is 11.8 Å². The van der Waals surface area contributed by atoms with Crippen LogP contribution in [-0.4, -0.2) is 53.0 Å². The van der Waals surface area contributed by atoms with Crippen LogP contribution >= 0.6 is 31.9 Å². The fourth-order valence-corrected chi connectivity index (χ4v) is 2.81. The van der Waals surface area contributed by atoms with Gasteiger partial charge in [0, 0.05) is 36.5 Å². The standard InChI is InChI=1S/C10H12BrN3O3.C7H7BrN2O3/c1-13(2)5-4-7-8(11)6-12-10(17-3)9(7)14(15)16;1-4-5(8)3-9-7(13-2)6(4)10(11)12/h4-6H,1-3H3;3H,1-2H3/b5-4+;. The summed E-state index contributed by atoms with van der Waals surface area (Å²) in [6, 6.07) is 0. The van der Waals surface area contributed by atoms with E-state index in [1.54, 1.807) is 24.1 Å². The first kappa shape index (κ1) is 25.2. The smallest absolute Gasteiger partial charge is 0.339 e. The van der Waals surface area contributed by atoms with Gasteiger partial charge in [0.1, 0.15) is 0 Å². The van der Waals surface area contributed by atoms with Gasteiger partial charge in [-0.3, -0.25) is 20.2 Å². The molecule has 2 rings (SSSR count). The molecule has 0 unspecified atom stereocenters. The molecule has 0 saturated heterocycles. The lowest BCUT2D eigenvalue weighted by atomic mass is 10.2. The molecule has 2 heterocycles. The predicted octanol–water partition coefficient (Wildman–Crippen LogP) is 4.36. The number of nitrogens with zero attached hydrogens (tertiary/aromatic N) is 5. The van der Waals surface area contributed by atoms with Crippen molar-refractivity contribution in [3.05, 3.63) is 58.9 Å². The third-order valence-electron chi connectivity index (χ3n) is 3.51. The number of hydrogen-bond acceptors (Lipinski definition) is 9. The molecular weight excluding hydrogens is 530 g/mol. The molecule has 0 N–H and O–H groups in total. The quantitative estimate of drug-likeness (QED) is 0.381. The summed E-state index contributed by atoms with van der Waals surface area (Å²) in [6.45, 7) is 1.63. The van der Waals surface area contributed by atoms with Crippen molar-refractivity contribution >= 4 is 49.3 Å². The number of pyridine rings is 2. The molecule has 0 aliphatic rings. The van der Waals surface area contributed by atoms with E-state index in [2.05, 4.69) is 41.8 Å². The lowest BCUT2D eigenvalue weighted by molar-refractivity contribution is -0.386. The van der Waals surface area contributed by atoms with Gasteiger partial charge in [-0.2, -0.15) is 0 Å². The topological polar surface area (TPSA) is 134 Å². The fraction of sp³-hybridized carbons (Fsp3) is 0.294. The Morgan fingerprint density at radius 3 is 1.87 bits per heavy atom. The van der Waals surface area contributed by atoms with Crippen LogP contribution in [0.1, 0.15) is 11.1 Å². The molecule has 2 aromatic rings. The van der Waals surface area contributed by atoms with Gasteiger partial charge in [0.05, 0.1) is 34.1 Å². The molecule has 0 aromatic carbocycles. The summed E-state index contributed by atoms with van der Waals surface area (Å²) in [5.74, 6) is 0.0299. The minimum absolute atomic E-state index is 0.00314. The van der Waals surface area contributed by atoms with E-state index in [0.29, 0.717) is 20.1 Å². The highest BCUT2D eigenvalue weighted by molar-refractivity contribution is 9.10. The molecule has 0 saturated carbocycles. The van der Waals surface area contributed by atoms with E-state index in [1.165, 1.54) is 26.6 Å². The molecule has 0 aliphatic carbocycles. The van der Waals surface area contributed by atoms with Crippen LogP contribution in [0.25, 0.3) is 6.08 Å². The molecule has 0 fully saturated rings. The first-order valence-corrected chi connectivity index (χ1v) is 9.68. The Bertz CT molecular complexity index is 968. The van der Waals surface area contributed by atoms with E-state index in [0.717, 1.165) is 0 Å². The Hall–Kier alpha value is -2.80. The van der Waals surface area contributed by atoms with Gasteiger partial charge >= 0.3 is 11.4 Å². The molecule has 0 atom stereocenters. The van der Waals surface area contributed by atoms with Crippen molar-refractivity contribution in [2.24, 2.45) is 0 Å². The average molecular weight is 549 g/mol. The van der Waals surface area contributed by atoms with Crippen LogP contribution in [0.2, 0.25) is 0 Å². The number of aromatic nitrogens is 2. The van der Waals surface area contributed by atoms with Crippen molar-refractivity contribution in [2.75, 3.05) is 28.3 Å². The van der Waals surface area contributed by atoms with Crippen LogP contribution in [0.15, 0.2) is 27.5 Å². The second-order valence-corrected chi connectivity index (χ2v) is 7.47. The van der Waals surface area contributed by atoms with Crippen molar-refractivity contribution in [1.29, 1.82) is 0 Å². The monoisotopic (exact) mass is 547 g/mol. The molecule has 0 radical (unpaired) electrons. The van der Waals surface area contributed by atoms with E-state index in [1.807, 2.05) is 14.1 Å². The molecule has 0 aliphatic heterocycles. The highest BCUT2D eigenvalue weighted by Gasteiger charge is 2.23. The molecule has 30 heavy (non-hydrogen) atoms. The molecule has 2 aromatic heterocycles. The molecule has 0 amide bonds. The van der Waals surface area contributed by atoms with Gasteiger partial charge in [0.2, 0.25) is 0 Å². The molecule has 0 spiro atoms. The van der Waals surface area contributed by atoms with Gasteiger partial charge in [-0.25, -0.2) is 9.97 Å². The first-order chi connectivity index (χ1) is 14.0. The zero-order valence-electron chi connectivity index (χ0n) is 16.8. The maximum absolute atomic E-state index is 11.0. The Morgan fingerprint density at radius 1 is 0.967 bits per heavy atom. The van der Waals surface area contributed by atoms with Crippen molar-refractivity contribution < 1.29 is 19.3 Å². The lowest BCUT2D eigenvalue weighted by Gasteiger charge is -2.07. The van der Waals surface area contributed by atoms with Crippen LogP contribution in [0.3, 0.4) is 0 Å². The summed E-state index contributed by atoms with van der Waals surface area (Å²) in [4.78, 5) is 30.0. The van der Waals surface area contributed by atoms with Gasteiger partial charge in [0.15, 0.2) is 0 Å². The molecule has 162 valence electrons. The summed E-state index contributed by atoms with van der Waals surface area (Å²) in [7, 11) is 6.36. The van der Waals surface area contributed by atoms with Crippen LogP contribution < -0.4 is 9.47 Å². The Morgan fingerprint density at radius 2 is 1.43 bits per heavy atom. The number of nitro groups is 2. The summed E-state index contributed by atoms with van der Waals surface area (Å²) < 4.78 is 10.8. The average Bonchev–Trinajstić information content (AvgIpc) is 2.68. The van der Waals surface area contributed by atoms with Gasteiger partial charge in [-0.05, 0) is 51.1 Å². The number of halogens is 2. The van der Waals surface area contributed by atoms with Crippen molar-refractivity contribution in [3.63, 3.8) is 0 Å². The number of ether oxygens (including phenoxy) is 2. The van der Waals surface area contributed by atoms with Crippen molar-refractivity contribution in [3.8, 4) is 11.8 Å². The predicted molar refractivity (Wildman–Crippen MR) is 118 cm³/mol. The molecule has 11 nitrogen and oxygen atoms in total. The number of rotatable bonds is 6. The fourth-order valence-electron chi connectivity index (χ4n) is 2.09. The van der Waals surface area contributed by atoms with Crippen LogP contribution in [-0.2, 0) is 0 Å². The second kappa shape index (κ2) is 11.4. The molecular formula is C17H19Br2N5O6. The normalized spacial score (nSPS) is 10.2. The van der Waals surface area contributed by atoms with E-state index in [9.17, 15) is 20.2 Å². The maximum Gasteiger partial charge on any atom is 0.339 e. The summed E-state index contributed by atoms with van der Waals surface area (Å²) in [5.41, 5.74) is 0.684. The minimum Gasteiger partial charge on any atom is -0.476 e. The first-order valence-electron chi connectivity index (χ1n) is 8.10. The highest BCUT2D eigenvalue weighted by Crippen LogP contribution is 2.34. The van der Waals surface area contributed by atoms with Crippen LogP contribution in [0, 0.1) is 27.2 Å². The van der Waals surface area contributed by atoms with E-state index >= 15 is 0 Å². The summed E-state index contributed by atoms with van der Waals surface area (Å²) >= 11 is 6.39. The largest absolute Gasteiger partial charge is 0.476 e. The van der Waals surface area contributed by atoms with Crippen molar-refractivity contribution in [2.45, 2.75) is 6.92 Å². The Balaban J connectivity index is 0.000000311. The number of methoxy groups -OCH3 is 2. The molecule has 0 bridgehead atoms. The second-order valence-electron chi connectivity index (χ2n) is 5.76. The zero-order chi connectivity index (χ0) is 23.0. The van der Waals surface area contributed by atoms with Crippen LogP contribution in [0.5, 0.6) is 11.8 Å².